The third-order valence-corrected chi connectivity index (χ3v) is 2.22. The van der Waals surface area contributed by atoms with Gasteiger partial charge in [0.25, 0.3) is 0 Å². The maximum atomic E-state index is 10.4. The summed E-state index contributed by atoms with van der Waals surface area (Å²) in [6.07, 6.45) is 0.265. The molecule has 0 aliphatic heterocycles. The zero-order chi connectivity index (χ0) is 10.4. The Bertz CT molecular complexity index is 274. The van der Waals surface area contributed by atoms with Gasteiger partial charge < -0.3 is 15.2 Å². The summed E-state index contributed by atoms with van der Waals surface area (Å²) in [5, 5.41) is 12.3. The Morgan fingerprint density at radius 1 is 1.43 bits per heavy atom. The molecule has 0 spiro atoms. The number of hydrogen-bond donors (Lipinski definition) is 2. The van der Waals surface area contributed by atoms with Crippen molar-refractivity contribution in [3.63, 3.8) is 0 Å². The summed E-state index contributed by atoms with van der Waals surface area (Å²) in [4.78, 5) is 10.4. The first kappa shape index (κ1) is 10.9. The van der Waals surface area contributed by atoms with E-state index in [9.17, 15) is 9.90 Å². The van der Waals surface area contributed by atoms with Gasteiger partial charge in [-0.15, -0.1) is 0 Å². The second-order valence-corrected chi connectivity index (χ2v) is 3.21. The second kappa shape index (κ2) is 5.52. The zero-order valence-electron chi connectivity index (χ0n) is 8.18. The molecule has 1 aromatic rings. The molecule has 0 saturated carbocycles. The molecule has 2 N–H and O–H groups in total. The van der Waals surface area contributed by atoms with Crippen molar-refractivity contribution in [2.75, 3.05) is 7.05 Å². The topological polar surface area (TPSA) is 49.3 Å². The number of rotatable bonds is 5. The normalized spacial score (nSPS) is 14.7. The number of carbonyl (C=O) groups excluding carboxylic acids is 1. The molecule has 0 saturated heterocycles. The summed E-state index contributed by atoms with van der Waals surface area (Å²) < 4.78 is 0. The van der Waals surface area contributed by atoms with Gasteiger partial charge in [0.1, 0.15) is 12.4 Å². The van der Waals surface area contributed by atoms with Gasteiger partial charge in [0.15, 0.2) is 0 Å². The van der Waals surface area contributed by atoms with E-state index in [0.717, 1.165) is 5.56 Å². The number of likely N-dealkylation sites (N-methyl/N-ethyl adjacent to an activating group) is 1. The Labute approximate surface area is 83.8 Å². The third kappa shape index (κ3) is 2.94. The van der Waals surface area contributed by atoms with Gasteiger partial charge in [0, 0.05) is 6.04 Å². The summed E-state index contributed by atoms with van der Waals surface area (Å²) in [7, 11) is 1.74. The van der Waals surface area contributed by atoms with Gasteiger partial charge in [0.2, 0.25) is 0 Å². The van der Waals surface area contributed by atoms with E-state index in [1.54, 1.807) is 7.05 Å². The van der Waals surface area contributed by atoms with Crippen molar-refractivity contribution >= 4 is 6.29 Å². The number of benzene rings is 1. The number of aldehydes is 1. The van der Waals surface area contributed by atoms with E-state index < -0.39 is 6.10 Å². The van der Waals surface area contributed by atoms with Crippen molar-refractivity contribution in [2.24, 2.45) is 0 Å². The maximum Gasteiger partial charge on any atom is 0.150 e. The number of hydrogen-bond acceptors (Lipinski definition) is 3. The summed E-state index contributed by atoms with van der Waals surface area (Å²) in [5.74, 6) is 0. The van der Waals surface area contributed by atoms with E-state index >= 15 is 0 Å². The van der Waals surface area contributed by atoms with Gasteiger partial charge in [-0.25, -0.2) is 0 Å². The summed E-state index contributed by atoms with van der Waals surface area (Å²) >= 11 is 0. The minimum absolute atomic E-state index is 0.213. The van der Waals surface area contributed by atoms with E-state index in [2.05, 4.69) is 5.32 Å². The maximum absolute atomic E-state index is 10.4. The van der Waals surface area contributed by atoms with Crippen LogP contribution in [0.4, 0.5) is 0 Å². The van der Waals surface area contributed by atoms with Gasteiger partial charge in [-0.2, -0.15) is 0 Å². The van der Waals surface area contributed by atoms with E-state index in [1.807, 2.05) is 30.3 Å². The highest BCUT2D eigenvalue weighted by molar-refractivity contribution is 5.57. The first-order valence-electron chi connectivity index (χ1n) is 4.62. The smallest absolute Gasteiger partial charge is 0.150 e. The molecule has 0 fully saturated rings. The first-order valence-corrected chi connectivity index (χ1v) is 4.62. The van der Waals surface area contributed by atoms with Crippen LogP contribution in [0.2, 0.25) is 0 Å². The minimum Gasteiger partial charge on any atom is -0.384 e. The van der Waals surface area contributed by atoms with Gasteiger partial charge >= 0.3 is 0 Å². The van der Waals surface area contributed by atoms with Crippen molar-refractivity contribution in [1.82, 2.24) is 5.32 Å². The first-order chi connectivity index (χ1) is 6.77. The molecular formula is C11H15NO2. The molecule has 76 valence electrons. The van der Waals surface area contributed by atoms with E-state index in [4.69, 9.17) is 0 Å². The predicted octanol–water partition coefficient (Wildman–Crippen LogP) is 0.377. The molecule has 0 aromatic heterocycles. The lowest BCUT2D eigenvalue weighted by Crippen LogP contribution is -2.40. The summed E-state index contributed by atoms with van der Waals surface area (Å²) in [6, 6.07) is 9.55. The van der Waals surface area contributed by atoms with Gasteiger partial charge in [0.05, 0.1) is 0 Å². The SMILES string of the molecule is CN[C@@H](Cc1ccccc1)[C@H](O)C=O. The molecule has 0 radical (unpaired) electrons. The van der Waals surface area contributed by atoms with Crippen molar-refractivity contribution in [3.8, 4) is 0 Å². The predicted molar refractivity (Wildman–Crippen MR) is 55.1 cm³/mol. The Hall–Kier alpha value is -1.19. The van der Waals surface area contributed by atoms with E-state index in [1.165, 1.54) is 0 Å². The largest absolute Gasteiger partial charge is 0.384 e. The molecule has 1 aromatic carbocycles. The van der Waals surface area contributed by atoms with Gasteiger partial charge in [-0.1, -0.05) is 30.3 Å². The number of nitrogens with one attached hydrogen (secondary N) is 1. The van der Waals surface area contributed by atoms with Crippen molar-refractivity contribution in [3.05, 3.63) is 35.9 Å². The standard InChI is InChI=1S/C11H15NO2/c1-12-10(11(14)8-13)7-9-5-3-2-4-6-9/h2-6,8,10-12,14H,7H2,1H3/t10-,11+/m0/s1. The van der Waals surface area contributed by atoms with Crippen LogP contribution in [0.25, 0.3) is 0 Å². The molecule has 1 rings (SSSR count). The highest BCUT2D eigenvalue weighted by Gasteiger charge is 2.16. The Morgan fingerprint density at radius 3 is 2.57 bits per heavy atom. The fraction of sp³-hybridized carbons (Fsp3) is 0.364. The Morgan fingerprint density at radius 2 is 2.07 bits per heavy atom. The van der Waals surface area contributed by atoms with E-state index in [-0.39, 0.29) is 6.04 Å². The van der Waals surface area contributed by atoms with Crippen LogP contribution in [0.3, 0.4) is 0 Å². The van der Waals surface area contributed by atoms with Crippen molar-refractivity contribution in [1.29, 1.82) is 0 Å². The van der Waals surface area contributed by atoms with E-state index in [0.29, 0.717) is 12.7 Å². The fourth-order valence-electron chi connectivity index (χ4n) is 1.36. The summed E-state index contributed by atoms with van der Waals surface area (Å²) in [6.45, 7) is 0. The average Bonchev–Trinajstić information content (AvgIpc) is 2.26. The third-order valence-electron chi connectivity index (χ3n) is 2.22. The van der Waals surface area contributed by atoms with Crippen LogP contribution in [0.5, 0.6) is 0 Å². The van der Waals surface area contributed by atoms with Crippen LogP contribution >= 0.6 is 0 Å². The van der Waals surface area contributed by atoms with Crippen molar-refractivity contribution < 1.29 is 9.90 Å². The van der Waals surface area contributed by atoms with Gasteiger partial charge in [-0.3, -0.25) is 0 Å². The minimum atomic E-state index is -0.944. The number of aliphatic hydroxyl groups is 1. The van der Waals surface area contributed by atoms with Crippen LogP contribution in [-0.2, 0) is 11.2 Å². The summed E-state index contributed by atoms with van der Waals surface area (Å²) in [5.41, 5.74) is 1.10. The molecule has 3 nitrogen and oxygen atoms in total. The highest BCUT2D eigenvalue weighted by atomic mass is 16.3. The molecule has 0 unspecified atom stereocenters. The lowest BCUT2D eigenvalue weighted by atomic mass is 10.0. The molecular weight excluding hydrogens is 178 g/mol. The quantitative estimate of drug-likeness (QED) is 0.664. The van der Waals surface area contributed by atoms with Crippen LogP contribution < -0.4 is 5.32 Å². The van der Waals surface area contributed by atoms with Crippen LogP contribution in [0.15, 0.2) is 30.3 Å². The number of aliphatic hydroxyl groups excluding tert-OH is 1. The second-order valence-electron chi connectivity index (χ2n) is 3.21. The molecule has 2 atom stereocenters. The monoisotopic (exact) mass is 193 g/mol. The average molecular weight is 193 g/mol. The molecule has 0 aliphatic carbocycles. The van der Waals surface area contributed by atoms with Crippen LogP contribution in [0.1, 0.15) is 5.56 Å². The molecule has 3 heteroatoms. The highest BCUT2D eigenvalue weighted by Crippen LogP contribution is 2.04. The Kier molecular flexibility index (Phi) is 4.29. The fourth-order valence-corrected chi connectivity index (χ4v) is 1.36. The lowest BCUT2D eigenvalue weighted by Gasteiger charge is -2.17. The molecule has 14 heavy (non-hydrogen) atoms. The molecule has 0 aliphatic rings. The molecule has 0 amide bonds. The molecule has 0 bridgehead atoms. The van der Waals surface area contributed by atoms with Crippen molar-refractivity contribution in [2.45, 2.75) is 18.6 Å². The number of carbonyl (C=O) groups is 1. The zero-order valence-corrected chi connectivity index (χ0v) is 8.18. The molecule has 0 heterocycles. The van der Waals surface area contributed by atoms with Crippen LogP contribution in [0, 0.1) is 0 Å². The lowest BCUT2D eigenvalue weighted by molar-refractivity contribution is -0.116. The Balaban J connectivity index is 2.61. The van der Waals surface area contributed by atoms with Gasteiger partial charge in [-0.05, 0) is 19.0 Å². The van der Waals surface area contributed by atoms with Crippen LogP contribution in [-0.4, -0.2) is 30.6 Å².